The molecule has 8 amide bonds. The molecule has 0 aromatic heterocycles. The number of hydrogen-bond donors (Lipinski definition) is 7. The lowest BCUT2D eigenvalue weighted by Gasteiger charge is -2.34. The third kappa shape index (κ3) is 17.1. The lowest BCUT2D eigenvalue weighted by Crippen LogP contribution is -3.00. The standard InChI is InChI=1S/C59H84N11O8P.BrH/c1-39(2)37-46(57(77)70-35-20-30-50(70)58(78)69-34-19-29-49(69)55(75)67-47(38-40(3)4)56(76)68-33-18-28-48(68)52(60)72)66-53(73)41(5)64-54(74)45(27-17-32-63-59(61)62)65-51(71)31-15-16-36-79(42-21-9-6-10-22-42,43-23-11-7-12-24-43)44-25-13-8-14-26-44;/h6-14,21-26,39-41,45-50H,15-20,27-38H2,1-5H3,(H9-,60,61,62,63,64,65,66,67,71,72,73,74,75);1H/t41-,45-,46-,47-,48-,49-,50-;/m0./s1. The van der Waals surface area contributed by atoms with Crippen LogP contribution in [0, 0.1) is 11.8 Å². The molecule has 3 aromatic carbocycles. The van der Waals surface area contributed by atoms with Crippen molar-refractivity contribution in [2.45, 2.75) is 160 Å². The van der Waals surface area contributed by atoms with Gasteiger partial charge in [0.25, 0.3) is 0 Å². The fourth-order valence-corrected chi connectivity index (χ4v) is 15.8. The normalized spacial score (nSPS) is 18.6. The van der Waals surface area contributed by atoms with E-state index in [1.807, 2.05) is 45.9 Å². The Morgan fingerprint density at radius 1 is 0.562 bits per heavy atom. The van der Waals surface area contributed by atoms with Gasteiger partial charge in [-0.3, -0.25) is 43.3 Å². The number of nitrogens with zero attached hydrogens (tertiary/aromatic N) is 4. The van der Waals surface area contributed by atoms with Gasteiger partial charge >= 0.3 is 0 Å². The van der Waals surface area contributed by atoms with E-state index in [1.54, 1.807) is 0 Å². The Morgan fingerprint density at radius 2 is 1.04 bits per heavy atom. The fourth-order valence-electron chi connectivity index (χ4n) is 11.4. The molecule has 0 spiro atoms. The van der Waals surface area contributed by atoms with Crippen LogP contribution in [0.3, 0.4) is 0 Å². The zero-order valence-electron chi connectivity index (χ0n) is 47.2. The quantitative estimate of drug-likeness (QED) is 0.0227. The molecule has 10 N–H and O–H groups in total. The zero-order chi connectivity index (χ0) is 57.2. The molecule has 6 rings (SSSR count). The van der Waals surface area contributed by atoms with E-state index >= 15 is 0 Å². The number of aliphatic imine (C=N–C) groups is 1. The molecule has 436 valence electrons. The highest BCUT2D eigenvalue weighted by Gasteiger charge is 2.47. The molecular formula is C59H85BrN11O8P. The molecule has 7 atom stereocenters. The van der Waals surface area contributed by atoms with E-state index in [0.29, 0.717) is 64.3 Å². The molecule has 0 unspecified atom stereocenters. The summed E-state index contributed by atoms with van der Waals surface area (Å²) in [7, 11) is -2.11. The van der Waals surface area contributed by atoms with Crippen LogP contribution in [0.2, 0.25) is 0 Å². The number of hydrogen-bond acceptors (Lipinski definition) is 9. The third-order valence-corrected chi connectivity index (χ3v) is 19.8. The van der Waals surface area contributed by atoms with Gasteiger partial charge in [-0.05, 0) is 132 Å². The lowest BCUT2D eigenvalue weighted by molar-refractivity contribution is -0.148. The zero-order valence-corrected chi connectivity index (χ0v) is 49.7. The van der Waals surface area contributed by atoms with Crippen LogP contribution in [0.25, 0.3) is 0 Å². The summed E-state index contributed by atoms with van der Waals surface area (Å²) in [5, 5.41) is 15.2. The van der Waals surface area contributed by atoms with Gasteiger partial charge in [0.05, 0.1) is 6.16 Å². The van der Waals surface area contributed by atoms with Crippen LogP contribution in [0.1, 0.15) is 118 Å². The van der Waals surface area contributed by atoms with Crippen molar-refractivity contribution in [3.8, 4) is 0 Å². The van der Waals surface area contributed by atoms with Crippen molar-refractivity contribution >= 4 is 76.4 Å². The topological polar surface area (TPSA) is 285 Å². The minimum absolute atomic E-state index is 0. The summed E-state index contributed by atoms with van der Waals surface area (Å²) in [5.74, 6) is -3.93. The van der Waals surface area contributed by atoms with Crippen molar-refractivity contribution in [3.05, 3.63) is 91.0 Å². The molecule has 3 aromatic rings. The Bertz CT molecular complexity index is 2500. The van der Waals surface area contributed by atoms with Gasteiger partial charge in [-0.1, -0.05) is 82.3 Å². The van der Waals surface area contributed by atoms with Crippen molar-refractivity contribution in [3.63, 3.8) is 0 Å². The minimum Gasteiger partial charge on any atom is -1.00 e. The van der Waals surface area contributed by atoms with Crippen molar-refractivity contribution in [1.29, 1.82) is 0 Å². The van der Waals surface area contributed by atoms with Crippen LogP contribution in [0.5, 0.6) is 0 Å². The second-order valence-electron chi connectivity index (χ2n) is 22.1. The lowest BCUT2D eigenvalue weighted by atomic mass is 10.0. The van der Waals surface area contributed by atoms with Crippen LogP contribution in [0.4, 0.5) is 0 Å². The van der Waals surface area contributed by atoms with E-state index in [-0.39, 0.29) is 91.4 Å². The highest BCUT2D eigenvalue weighted by Crippen LogP contribution is 2.56. The third-order valence-electron chi connectivity index (χ3n) is 15.3. The predicted octanol–water partition coefficient (Wildman–Crippen LogP) is -0.282. The largest absolute Gasteiger partial charge is 1.00 e. The Balaban J connectivity index is 0.0000118. The maximum atomic E-state index is 14.6. The molecule has 0 radical (unpaired) electrons. The van der Waals surface area contributed by atoms with E-state index in [1.165, 1.54) is 37.5 Å². The maximum absolute atomic E-state index is 14.6. The van der Waals surface area contributed by atoms with Crippen molar-refractivity contribution in [2.24, 2.45) is 34.0 Å². The number of rotatable bonds is 27. The number of halogens is 1. The second-order valence-corrected chi connectivity index (χ2v) is 25.8. The SMILES string of the molecule is CC(C)C[C@H](NC(=O)[C@@H]1CCCN1C(=O)[C@@H]1CCCN1C(=O)[C@H](CC(C)C)NC(=O)[C@H](C)NC(=O)[C@H](CCCN=C(N)N)NC(=O)CCCC[P+](c1ccccc1)(c1ccccc1)c1ccccc1)C(=O)N1CCC[C@H]1C(N)=O.[Br-]. The molecule has 3 aliphatic heterocycles. The second kappa shape index (κ2) is 31.0. The molecule has 3 heterocycles. The highest BCUT2D eigenvalue weighted by atomic mass is 79.9. The molecule has 3 saturated heterocycles. The molecule has 0 aliphatic carbocycles. The summed E-state index contributed by atoms with van der Waals surface area (Å²) in [4.78, 5) is 119. The van der Waals surface area contributed by atoms with Gasteiger partial charge in [-0.15, -0.1) is 0 Å². The summed E-state index contributed by atoms with van der Waals surface area (Å²) in [5.41, 5.74) is 16.8. The number of unbranched alkanes of at least 4 members (excludes halogenated alkanes) is 1. The molecular weight excluding hydrogens is 1100 g/mol. The van der Waals surface area contributed by atoms with Crippen LogP contribution >= 0.6 is 7.26 Å². The molecule has 21 heteroatoms. The minimum atomic E-state index is -2.11. The van der Waals surface area contributed by atoms with Crippen molar-refractivity contribution < 1.29 is 55.3 Å². The van der Waals surface area contributed by atoms with Gasteiger partial charge in [-0.2, -0.15) is 0 Å². The Labute approximate surface area is 483 Å². The van der Waals surface area contributed by atoms with E-state index < -0.39 is 79.1 Å². The maximum Gasteiger partial charge on any atom is 0.246 e. The first-order valence-electron chi connectivity index (χ1n) is 28.3. The number of amides is 8. The summed E-state index contributed by atoms with van der Waals surface area (Å²) in [6.07, 6.45) is 6.25. The predicted molar refractivity (Wildman–Crippen MR) is 309 cm³/mol. The summed E-state index contributed by atoms with van der Waals surface area (Å²) >= 11 is 0. The highest BCUT2D eigenvalue weighted by molar-refractivity contribution is 7.95. The first kappa shape index (κ1) is 64.4. The van der Waals surface area contributed by atoms with Gasteiger partial charge in [-0.25, -0.2) is 0 Å². The first-order valence-corrected chi connectivity index (χ1v) is 30.3. The average molecular weight is 1190 g/mol. The Hall–Kier alpha value is -6.40. The number of nitrogens with one attached hydrogen (secondary N) is 4. The summed E-state index contributed by atoms with van der Waals surface area (Å²) in [6, 6.07) is 25.0. The van der Waals surface area contributed by atoms with Gasteiger partial charge < -0.3 is 70.1 Å². The molecule has 0 saturated carbocycles. The molecule has 19 nitrogen and oxygen atoms in total. The number of carbonyl (C=O) groups is 8. The van der Waals surface area contributed by atoms with Crippen LogP contribution in [-0.4, -0.2) is 143 Å². The van der Waals surface area contributed by atoms with Crippen molar-refractivity contribution in [2.75, 3.05) is 32.3 Å². The number of benzene rings is 3. The number of nitrogens with two attached hydrogens (primary N) is 3. The molecule has 0 bridgehead atoms. The Morgan fingerprint density at radius 3 is 1.54 bits per heavy atom. The smallest absolute Gasteiger partial charge is 0.246 e. The summed E-state index contributed by atoms with van der Waals surface area (Å²) < 4.78 is 0. The number of likely N-dealkylation sites (tertiary alicyclic amines) is 3. The van der Waals surface area contributed by atoms with Gasteiger partial charge in [0.1, 0.15) is 65.5 Å². The fraction of sp³-hybridized carbons (Fsp3) is 0.542. The van der Waals surface area contributed by atoms with E-state index in [9.17, 15) is 38.4 Å². The van der Waals surface area contributed by atoms with Crippen LogP contribution in [0.15, 0.2) is 96.0 Å². The Kier molecular flexibility index (Phi) is 25.0. The average Bonchev–Trinajstić information content (AvgIpc) is 4.30. The number of guanidine groups is 1. The van der Waals surface area contributed by atoms with Crippen LogP contribution < -0.4 is 71.4 Å². The molecule has 3 fully saturated rings. The number of primary amides is 1. The summed E-state index contributed by atoms with van der Waals surface area (Å²) in [6.45, 7) is 10.3. The molecule has 3 aliphatic rings. The van der Waals surface area contributed by atoms with E-state index in [0.717, 1.165) is 12.6 Å². The van der Waals surface area contributed by atoms with Gasteiger partial charge in [0.2, 0.25) is 47.3 Å². The van der Waals surface area contributed by atoms with E-state index in [2.05, 4.69) is 99.1 Å². The van der Waals surface area contributed by atoms with E-state index in [4.69, 9.17) is 17.2 Å². The number of carbonyl (C=O) groups excluding carboxylic acids is 8. The van der Waals surface area contributed by atoms with Crippen LogP contribution in [-0.2, 0) is 38.4 Å². The molecule has 80 heavy (non-hydrogen) atoms. The van der Waals surface area contributed by atoms with Gasteiger partial charge in [0, 0.05) is 32.6 Å². The van der Waals surface area contributed by atoms with Gasteiger partial charge in [0.15, 0.2) is 5.96 Å². The first-order chi connectivity index (χ1) is 37.8. The monoisotopic (exact) mass is 1190 g/mol. The van der Waals surface area contributed by atoms with Crippen molar-refractivity contribution in [1.82, 2.24) is 36.0 Å².